The maximum atomic E-state index is 12.1. The van der Waals surface area contributed by atoms with Gasteiger partial charge in [0.2, 0.25) is 0 Å². The minimum atomic E-state index is -0.0990. The standard InChI is InChI=1S/C14H25NO2/c1-14(2)5-4-11(13(14)17)9-15(3)8-10-6-12(16)7-10/h10-12,16H,4-9H2,1-3H3. The molecule has 0 amide bonds. The van der Waals surface area contributed by atoms with Crippen LogP contribution in [0.15, 0.2) is 0 Å². The van der Waals surface area contributed by atoms with Gasteiger partial charge in [-0.1, -0.05) is 13.8 Å². The van der Waals surface area contributed by atoms with Crippen molar-refractivity contribution in [2.75, 3.05) is 20.1 Å². The molecule has 2 saturated carbocycles. The summed E-state index contributed by atoms with van der Waals surface area (Å²) in [5.41, 5.74) is -0.0990. The zero-order chi connectivity index (χ0) is 12.6. The minimum absolute atomic E-state index is 0.0690. The summed E-state index contributed by atoms with van der Waals surface area (Å²) >= 11 is 0. The molecule has 0 aromatic carbocycles. The lowest BCUT2D eigenvalue weighted by Gasteiger charge is -2.35. The third kappa shape index (κ3) is 2.89. The van der Waals surface area contributed by atoms with Crippen LogP contribution in [0.5, 0.6) is 0 Å². The first kappa shape index (κ1) is 13.0. The van der Waals surface area contributed by atoms with Gasteiger partial charge in [0.15, 0.2) is 0 Å². The van der Waals surface area contributed by atoms with E-state index in [2.05, 4.69) is 25.8 Å². The molecule has 0 aromatic heterocycles. The fourth-order valence-corrected chi connectivity index (χ4v) is 3.26. The molecule has 3 nitrogen and oxygen atoms in total. The lowest BCUT2D eigenvalue weighted by molar-refractivity contribution is -0.128. The highest BCUT2D eigenvalue weighted by molar-refractivity contribution is 5.88. The van der Waals surface area contributed by atoms with E-state index in [4.69, 9.17) is 0 Å². The van der Waals surface area contributed by atoms with E-state index < -0.39 is 0 Å². The average Bonchev–Trinajstić information content (AvgIpc) is 2.43. The first-order valence-corrected chi connectivity index (χ1v) is 6.79. The summed E-state index contributed by atoms with van der Waals surface area (Å²) in [4.78, 5) is 14.4. The molecule has 1 N–H and O–H groups in total. The largest absolute Gasteiger partial charge is 0.393 e. The van der Waals surface area contributed by atoms with E-state index in [0.717, 1.165) is 38.8 Å². The topological polar surface area (TPSA) is 40.5 Å². The van der Waals surface area contributed by atoms with Crippen molar-refractivity contribution in [3.05, 3.63) is 0 Å². The molecular weight excluding hydrogens is 214 g/mol. The number of rotatable bonds is 4. The smallest absolute Gasteiger partial charge is 0.142 e. The van der Waals surface area contributed by atoms with Crippen LogP contribution in [0.25, 0.3) is 0 Å². The summed E-state index contributed by atoms with van der Waals surface area (Å²) < 4.78 is 0. The first-order chi connectivity index (χ1) is 7.88. The van der Waals surface area contributed by atoms with E-state index in [1.165, 1.54) is 0 Å². The van der Waals surface area contributed by atoms with Gasteiger partial charge in [-0.3, -0.25) is 4.79 Å². The van der Waals surface area contributed by atoms with Crippen molar-refractivity contribution < 1.29 is 9.90 Å². The predicted octanol–water partition coefficient (Wildman–Crippen LogP) is 1.69. The number of aliphatic hydroxyl groups is 1. The lowest BCUT2D eigenvalue weighted by atomic mass is 9.82. The molecule has 98 valence electrons. The molecule has 0 aromatic rings. The van der Waals surface area contributed by atoms with Crippen LogP contribution in [0.4, 0.5) is 0 Å². The molecule has 1 atom stereocenters. The van der Waals surface area contributed by atoms with Gasteiger partial charge in [0.1, 0.15) is 5.78 Å². The molecule has 0 aliphatic heterocycles. The van der Waals surface area contributed by atoms with Gasteiger partial charge >= 0.3 is 0 Å². The summed E-state index contributed by atoms with van der Waals surface area (Å²) in [6.45, 7) is 6.06. The van der Waals surface area contributed by atoms with Crippen LogP contribution in [0.2, 0.25) is 0 Å². The molecule has 2 rings (SSSR count). The highest BCUT2D eigenvalue weighted by atomic mass is 16.3. The molecule has 0 radical (unpaired) electrons. The van der Waals surface area contributed by atoms with Gasteiger partial charge < -0.3 is 10.0 Å². The van der Waals surface area contributed by atoms with E-state index >= 15 is 0 Å². The van der Waals surface area contributed by atoms with E-state index in [1.807, 2.05) is 0 Å². The fraction of sp³-hybridized carbons (Fsp3) is 0.929. The van der Waals surface area contributed by atoms with Gasteiger partial charge in [-0.05, 0) is 38.6 Å². The Kier molecular flexibility index (Phi) is 3.60. The molecule has 0 bridgehead atoms. The van der Waals surface area contributed by atoms with E-state index in [1.54, 1.807) is 0 Å². The Balaban J connectivity index is 1.76. The molecule has 0 spiro atoms. The molecule has 2 aliphatic rings. The Morgan fingerprint density at radius 3 is 2.47 bits per heavy atom. The van der Waals surface area contributed by atoms with Crippen LogP contribution in [-0.4, -0.2) is 42.0 Å². The van der Waals surface area contributed by atoms with Crippen LogP contribution >= 0.6 is 0 Å². The zero-order valence-electron chi connectivity index (χ0n) is 11.3. The van der Waals surface area contributed by atoms with Gasteiger partial charge in [0.05, 0.1) is 6.10 Å². The molecule has 0 heterocycles. The Morgan fingerprint density at radius 2 is 2.00 bits per heavy atom. The third-order valence-corrected chi connectivity index (χ3v) is 4.47. The van der Waals surface area contributed by atoms with Gasteiger partial charge in [0.25, 0.3) is 0 Å². The molecule has 1 unspecified atom stereocenters. The number of Topliss-reactive ketones (excluding diaryl/α,β-unsaturated/α-hetero) is 1. The van der Waals surface area contributed by atoms with Crippen LogP contribution in [0.3, 0.4) is 0 Å². The van der Waals surface area contributed by atoms with Crippen LogP contribution < -0.4 is 0 Å². The second-order valence-electron chi connectivity index (χ2n) is 6.70. The first-order valence-electron chi connectivity index (χ1n) is 6.79. The molecule has 2 fully saturated rings. The number of carbonyl (C=O) groups is 1. The number of hydrogen-bond donors (Lipinski definition) is 1. The van der Waals surface area contributed by atoms with E-state index in [0.29, 0.717) is 11.7 Å². The number of hydrogen-bond acceptors (Lipinski definition) is 3. The SMILES string of the molecule is CN(CC1CC(O)C1)CC1CCC(C)(C)C1=O. The van der Waals surface area contributed by atoms with Crippen molar-refractivity contribution in [3.8, 4) is 0 Å². The van der Waals surface area contributed by atoms with Crippen molar-refractivity contribution in [1.82, 2.24) is 4.90 Å². The summed E-state index contributed by atoms with van der Waals surface area (Å²) in [6, 6.07) is 0. The quantitative estimate of drug-likeness (QED) is 0.811. The number of carbonyl (C=O) groups excluding carboxylic acids is 1. The fourth-order valence-electron chi connectivity index (χ4n) is 3.26. The maximum Gasteiger partial charge on any atom is 0.142 e. The Bertz CT molecular complexity index is 295. The minimum Gasteiger partial charge on any atom is -0.393 e. The predicted molar refractivity (Wildman–Crippen MR) is 67.7 cm³/mol. The molecule has 2 aliphatic carbocycles. The van der Waals surface area contributed by atoms with Crippen molar-refractivity contribution >= 4 is 5.78 Å². The summed E-state index contributed by atoms with van der Waals surface area (Å²) in [6.07, 6.45) is 3.89. The molecule has 17 heavy (non-hydrogen) atoms. The average molecular weight is 239 g/mol. The van der Waals surface area contributed by atoms with Crippen LogP contribution in [0.1, 0.15) is 39.5 Å². The summed E-state index contributed by atoms with van der Waals surface area (Å²) in [5.74, 6) is 1.32. The highest BCUT2D eigenvalue weighted by Crippen LogP contribution is 2.38. The molecular formula is C14H25NO2. The second-order valence-corrected chi connectivity index (χ2v) is 6.70. The van der Waals surface area contributed by atoms with Crippen molar-refractivity contribution in [2.45, 2.75) is 45.6 Å². The molecule has 0 saturated heterocycles. The number of nitrogens with zero attached hydrogens (tertiary/aromatic N) is 1. The lowest BCUT2D eigenvalue weighted by Crippen LogP contribution is -2.39. The zero-order valence-corrected chi connectivity index (χ0v) is 11.3. The maximum absolute atomic E-state index is 12.1. The Hall–Kier alpha value is -0.410. The molecule has 3 heteroatoms. The van der Waals surface area contributed by atoms with Crippen molar-refractivity contribution in [2.24, 2.45) is 17.3 Å². The summed E-state index contributed by atoms with van der Waals surface area (Å²) in [7, 11) is 2.10. The number of aliphatic hydroxyl groups excluding tert-OH is 1. The normalized spacial score (nSPS) is 36.3. The Labute approximate surface area is 104 Å². The Morgan fingerprint density at radius 1 is 1.35 bits per heavy atom. The highest BCUT2D eigenvalue weighted by Gasteiger charge is 2.40. The van der Waals surface area contributed by atoms with Gasteiger partial charge in [0, 0.05) is 24.4 Å². The third-order valence-electron chi connectivity index (χ3n) is 4.47. The monoisotopic (exact) mass is 239 g/mol. The van der Waals surface area contributed by atoms with Crippen molar-refractivity contribution in [3.63, 3.8) is 0 Å². The van der Waals surface area contributed by atoms with Crippen LogP contribution in [-0.2, 0) is 4.79 Å². The van der Waals surface area contributed by atoms with Gasteiger partial charge in [-0.15, -0.1) is 0 Å². The second kappa shape index (κ2) is 4.69. The van der Waals surface area contributed by atoms with E-state index in [-0.39, 0.29) is 17.4 Å². The summed E-state index contributed by atoms with van der Waals surface area (Å²) in [5, 5.41) is 9.25. The van der Waals surface area contributed by atoms with E-state index in [9.17, 15) is 9.90 Å². The van der Waals surface area contributed by atoms with Crippen molar-refractivity contribution in [1.29, 1.82) is 0 Å². The number of ketones is 1. The van der Waals surface area contributed by atoms with Crippen LogP contribution in [0, 0.1) is 17.3 Å². The van der Waals surface area contributed by atoms with Gasteiger partial charge in [-0.2, -0.15) is 0 Å². The van der Waals surface area contributed by atoms with Gasteiger partial charge in [-0.25, -0.2) is 0 Å².